The molecule has 2 unspecified atom stereocenters. The summed E-state index contributed by atoms with van der Waals surface area (Å²) in [5.74, 6) is 3.74. The molecule has 3 nitrogen and oxygen atoms in total. The number of benzene rings is 1. The molecule has 2 atom stereocenters. The first-order valence-electron chi connectivity index (χ1n) is 6.21. The number of hydrogen-bond acceptors (Lipinski definition) is 2. The molecule has 2 rings (SSSR count). The molecule has 100 valence electrons. The average molecular weight is 260 g/mol. The summed E-state index contributed by atoms with van der Waals surface area (Å²) < 4.78 is 14.6. The SMILES string of the molecule is CC(C(=O)NN)C1(F)C=CC(c2ccccc2)=CC1. The lowest BCUT2D eigenvalue weighted by Crippen LogP contribution is -2.44. The molecule has 1 aromatic rings. The number of nitrogens with two attached hydrogens (primary N) is 1. The number of halogens is 1. The zero-order valence-corrected chi connectivity index (χ0v) is 10.8. The second kappa shape index (κ2) is 5.36. The quantitative estimate of drug-likeness (QED) is 0.498. The van der Waals surface area contributed by atoms with Crippen LogP contribution in [0.1, 0.15) is 18.9 Å². The molecule has 4 heteroatoms. The van der Waals surface area contributed by atoms with Gasteiger partial charge >= 0.3 is 0 Å². The van der Waals surface area contributed by atoms with Gasteiger partial charge in [0.25, 0.3) is 0 Å². The van der Waals surface area contributed by atoms with E-state index in [1.54, 1.807) is 6.08 Å². The molecule has 0 aromatic heterocycles. The van der Waals surface area contributed by atoms with E-state index in [1.807, 2.05) is 41.8 Å². The third-order valence-corrected chi connectivity index (χ3v) is 3.54. The van der Waals surface area contributed by atoms with Crippen LogP contribution in [0.4, 0.5) is 4.39 Å². The third-order valence-electron chi connectivity index (χ3n) is 3.54. The predicted octanol–water partition coefficient (Wildman–Crippen LogP) is 2.36. The molecule has 3 N–H and O–H groups in total. The highest BCUT2D eigenvalue weighted by atomic mass is 19.1. The summed E-state index contributed by atoms with van der Waals surface area (Å²) in [7, 11) is 0. The lowest BCUT2D eigenvalue weighted by molar-refractivity contribution is -0.128. The van der Waals surface area contributed by atoms with E-state index in [0.29, 0.717) is 0 Å². The second-order valence-corrected chi connectivity index (χ2v) is 4.72. The fourth-order valence-corrected chi connectivity index (χ4v) is 2.14. The maximum absolute atomic E-state index is 14.6. The third kappa shape index (κ3) is 2.74. The van der Waals surface area contributed by atoms with Gasteiger partial charge in [0.15, 0.2) is 0 Å². The summed E-state index contributed by atoms with van der Waals surface area (Å²) in [6.45, 7) is 1.54. The van der Waals surface area contributed by atoms with Crippen molar-refractivity contribution in [3.63, 3.8) is 0 Å². The minimum atomic E-state index is -1.68. The predicted molar refractivity (Wildman–Crippen MR) is 73.5 cm³/mol. The monoisotopic (exact) mass is 260 g/mol. The van der Waals surface area contributed by atoms with Crippen LogP contribution in [-0.2, 0) is 4.79 Å². The van der Waals surface area contributed by atoms with Crippen LogP contribution in [0.25, 0.3) is 5.57 Å². The van der Waals surface area contributed by atoms with Gasteiger partial charge in [-0.25, -0.2) is 10.2 Å². The molecule has 1 amide bonds. The Bertz CT molecular complexity index is 524. The second-order valence-electron chi connectivity index (χ2n) is 4.72. The van der Waals surface area contributed by atoms with Gasteiger partial charge in [0.1, 0.15) is 5.67 Å². The van der Waals surface area contributed by atoms with Gasteiger partial charge in [0.05, 0.1) is 5.92 Å². The molecule has 0 saturated carbocycles. The standard InChI is InChI=1S/C15H17FN2O/c1-11(14(19)18-17)15(16)9-7-13(8-10-15)12-5-3-2-4-6-12/h2-9,11H,10,17H2,1H3,(H,18,19). The lowest BCUT2D eigenvalue weighted by Gasteiger charge is -2.29. The fraction of sp³-hybridized carbons (Fsp3) is 0.267. The van der Waals surface area contributed by atoms with Crippen molar-refractivity contribution >= 4 is 11.5 Å². The number of carbonyl (C=O) groups excluding carboxylic acids is 1. The van der Waals surface area contributed by atoms with Crippen LogP contribution in [0, 0.1) is 5.92 Å². The number of hydrazine groups is 1. The van der Waals surface area contributed by atoms with Gasteiger partial charge in [-0.3, -0.25) is 10.2 Å². The van der Waals surface area contributed by atoms with E-state index < -0.39 is 17.5 Å². The Hall–Kier alpha value is -1.94. The van der Waals surface area contributed by atoms with Crippen molar-refractivity contribution in [2.24, 2.45) is 11.8 Å². The highest BCUT2D eigenvalue weighted by molar-refractivity contribution is 5.81. The summed E-state index contributed by atoms with van der Waals surface area (Å²) >= 11 is 0. The molecule has 19 heavy (non-hydrogen) atoms. The number of rotatable bonds is 3. The molecule has 0 spiro atoms. The molecule has 1 aliphatic rings. The smallest absolute Gasteiger partial charge is 0.240 e. The summed E-state index contributed by atoms with van der Waals surface area (Å²) in [6.07, 6.45) is 5.16. The lowest BCUT2D eigenvalue weighted by atomic mass is 9.82. The Kier molecular flexibility index (Phi) is 3.81. The van der Waals surface area contributed by atoms with Gasteiger partial charge in [-0.1, -0.05) is 49.4 Å². The van der Waals surface area contributed by atoms with Crippen molar-refractivity contribution in [3.05, 3.63) is 54.1 Å². The van der Waals surface area contributed by atoms with Gasteiger partial charge in [-0.05, 0) is 17.2 Å². The van der Waals surface area contributed by atoms with Crippen molar-refractivity contribution in [1.29, 1.82) is 0 Å². The van der Waals surface area contributed by atoms with E-state index >= 15 is 0 Å². The first kappa shape index (κ1) is 13.5. The molecule has 0 aliphatic heterocycles. The summed E-state index contributed by atoms with van der Waals surface area (Å²) in [6, 6.07) is 9.75. The van der Waals surface area contributed by atoms with E-state index in [9.17, 15) is 9.18 Å². The average Bonchev–Trinajstić information content (AvgIpc) is 2.47. The van der Waals surface area contributed by atoms with Crippen LogP contribution in [0.5, 0.6) is 0 Å². The van der Waals surface area contributed by atoms with Gasteiger partial charge in [0.2, 0.25) is 5.91 Å². The van der Waals surface area contributed by atoms with E-state index in [0.717, 1.165) is 11.1 Å². The van der Waals surface area contributed by atoms with Crippen LogP contribution in [0.3, 0.4) is 0 Å². The molecular formula is C15H17FN2O. The zero-order chi connectivity index (χ0) is 13.9. The number of amides is 1. The van der Waals surface area contributed by atoms with E-state index in [1.165, 1.54) is 13.0 Å². The molecule has 0 fully saturated rings. The topological polar surface area (TPSA) is 55.1 Å². The largest absolute Gasteiger partial charge is 0.294 e. The maximum Gasteiger partial charge on any atom is 0.240 e. The molecule has 1 aliphatic carbocycles. The normalized spacial score (nSPS) is 23.6. The minimum absolute atomic E-state index is 0.169. The zero-order valence-electron chi connectivity index (χ0n) is 10.8. The highest BCUT2D eigenvalue weighted by Gasteiger charge is 2.38. The van der Waals surface area contributed by atoms with E-state index in [-0.39, 0.29) is 6.42 Å². The Morgan fingerprint density at radius 1 is 1.42 bits per heavy atom. The number of nitrogens with one attached hydrogen (secondary N) is 1. The van der Waals surface area contributed by atoms with Crippen LogP contribution in [-0.4, -0.2) is 11.6 Å². The molecule has 1 aromatic carbocycles. The first-order valence-corrected chi connectivity index (χ1v) is 6.21. The van der Waals surface area contributed by atoms with Gasteiger partial charge < -0.3 is 0 Å². The Balaban J connectivity index is 2.16. The molecule has 0 bridgehead atoms. The number of alkyl halides is 1. The van der Waals surface area contributed by atoms with Crippen LogP contribution >= 0.6 is 0 Å². The summed E-state index contributed by atoms with van der Waals surface area (Å²) in [5, 5.41) is 0. The van der Waals surface area contributed by atoms with Crippen molar-refractivity contribution in [1.82, 2.24) is 5.43 Å². The van der Waals surface area contributed by atoms with Crippen molar-refractivity contribution in [2.75, 3.05) is 0 Å². The fourth-order valence-electron chi connectivity index (χ4n) is 2.14. The molecule has 0 saturated heterocycles. The number of carbonyl (C=O) groups is 1. The van der Waals surface area contributed by atoms with Crippen molar-refractivity contribution < 1.29 is 9.18 Å². The van der Waals surface area contributed by atoms with Crippen LogP contribution in [0.2, 0.25) is 0 Å². The van der Waals surface area contributed by atoms with Gasteiger partial charge in [-0.2, -0.15) is 0 Å². The van der Waals surface area contributed by atoms with E-state index in [4.69, 9.17) is 5.84 Å². The summed E-state index contributed by atoms with van der Waals surface area (Å²) in [4.78, 5) is 11.4. The van der Waals surface area contributed by atoms with Crippen LogP contribution in [0.15, 0.2) is 48.6 Å². The maximum atomic E-state index is 14.6. The molecule has 0 heterocycles. The Labute approximate surface area is 112 Å². The van der Waals surface area contributed by atoms with Crippen LogP contribution < -0.4 is 11.3 Å². The molecule has 0 radical (unpaired) electrons. The Morgan fingerprint density at radius 2 is 2.11 bits per heavy atom. The number of hydrogen-bond donors (Lipinski definition) is 2. The van der Waals surface area contributed by atoms with Gasteiger partial charge in [0, 0.05) is 6.42 Å². The van der Waals surface area contributed by atoms with E-state index in [2.05, 4.69) is 0 Å². The van der Waals surface area contributed by atoms with Crippen molar-refractivity contribution in [3.8, 4) is 0 Å². The first-order chi connectivity index (χ1) is 9.07. The highest BCUT2D eigenvalue weighted by Crippen LogP contribution is 2.35. The van der Waals surface area contributed by atoms with Crippen molar-refractivity contribution in [2.45, 2.75) is 19.0 Å². The summed E-state index contributed by atoms with van der Waals surface area (Å²) in [5.41, 5.74) is 2.32. The molecular weight excluding hydrogens is 243 g/mol. The van der Waals surface area contributed by atoms with Gasteiger partial charge in [-0.15, -0.1) is 0 Å². The Morgan fingerprint density at radius 3 is 2.63 bits per heavy atom. The minimum Gasteiger partial charge on any atom is -0.294 e. The number of allylic oxidation sites excluding steroid dienone is 4.